The lowest BCUT2D eigenvalue weighted by Crippen LogP contribution is -2.39. The molecule has 3 heterocycles. The van der Waals surface area contributed by atoms with Gasteiger partial charge in [0.15, 0.2) is 11.8 Å². The van der Waals surface area contributed by atoms with Crippen molar-refractivity contribution in [2.75, 3.05) is 13.1 Å². The first-order valence-corrected chi connectivity index (χ1v) is 11.5. The Morgan fingerprint density at radius 1 is 1.15 bits per heavy atom. The Hall–Kier alpha value is -2.50. The van der Waals surface area contributed by atoms with Gasteiger partial charge >= 0.3 is 0 Å². The van der Waals surface area contributed by atoms with Crippen molar-refractivity contribution < 1.29 is 5.11 Å². The average Bonchev–Trinajstić information content (AvgIpc) is 3.38. The highest BCUT2D eigenvalue weighted by Crippen LogP contribution is 2.29. The number of nitrogens with one attached hydrogen (secondary N) is 2. The second kappa shape index (κ2) is 11.6. The first-order valence-electron chi connectivity index (χ1n) is 10.7. The number of halogens is 1. The summed E-state index contributed by atoms with van der Waals surface area (Å²) in [6, 6.07) is 16.2. The van der Waals surface area contributed by atoms with Gasteiger partial charge in [-0.05, 0) is 56.0 Å². The van der Waals surface area contributed by atoms with Crippen LogP contribution in [0.3, 0.4) is 0 Å². The first kappa shape index (κ1) is 25.1. The van der Waals surface area contributed by atoms with Crippen LogP contribution in [-0.2, 0) is 6.54 Å². The number of rotatable bonds is 7. The number of benzene rings is 1. The molecule has 4 aromatic rings. The fourth-order valence-corrected chi connectivity index (χ4v) is 4.52. The number of pyridine rings is 1. The van der Waals surface area contributed by atoms with Crippen molar-refractivity contribution in [1.82, 2.24) is 25.4 Å². The number of hydrogen-bond acceptors (Lipinski definition) is 5. The fourth-order valence-electron chi connectivity index (χ4n) is 3.47. The summed E-state index contributed by atoms with van der Waals surface area (Å²) in [5, 5.41) is 22.7. The highest BCUT2D eigenvalue weighted by atomic mass is 127. The molecule has 9 heteroatoms. The van der Waals surface area contributed by atoms with Crippen molar-refractivity contribution in [3.63, 3.8) is 0 Å². The van der Waals surface area contributed by atoms with Crippen LogP contribution in [-0.4, -0.2) is 38.9 Å². The van der Waals surface area contributed by atoms with Gasteiger partial charge in [-0.2, -0.15) is 5.10 Å². The average molecular weight is 577 g/mol. The number of aliphatic hydroxyl groups excluding tert-OH is 1. The van der Waals surface area contributed by atoms with E-state index >= 15 is 0 Å². The zero-order valence-corrected chi connectivity index (χ0v) is 22.1. The Morgan fingerprint density at radius 2 is 1.97 bits per heavy atom. The second-order valence-electron chi connectivity index (χ2n) is 7.64. The minimum atomic E-state index is -0.599. The quantitative estimate of drug-likeness (QED) is 0.171. The van der Waals surface area contributed by atoms with Crippen molar-refractivity contribution in [1.29, 1.82) is 0 Å². The summed E-state index contributed by atoms with van der Waals surface area (Å²) in [7, 11) is 0. The number of aliphatic imine (C=N–C) groups is 1. The van der Waals surface area contributed by atoms with Gasteiger partial charge in [-0.15, -0.1) is 35.3 Å². The van der Waals surface area contributed by atoms with E-state index in [9.17, 15) is 5.11 Å². The van der Waals surface area contributed by atoms with Gasteiger partial charge in [0.25, 0.3) is 0 Å². The molecule has 0 fully saturated rings. The third-order valence-electron chi connectivity index (χ3n) is 5.04. The van der Waals surface area contributed by atoms with Gasteiger partial charge in [-0.1, -0.05) is 24.3 Å². The number of guanidine groups is 1. The van der Waals surface area contributed by atoms with Gasteiger partial charge in [0.2, 0.25) is 0 Å². The molecule has 0 aliphatic heterocycles. The molecule has 4 rings (SSSR count). The van der Waals surface area contributed by atoms with Crippen LogP contribution in [0.25, 0.3) is 15.9 Å². The van der Waals surface area contributed by atoms with Crippen LogP contribution in [0.5, 0.6) is 0 Å². The molecule has 33 heavy (non-hydrogen) atoms. The van der Waals surface area contributed by atoms with Gasteiger partial charge in [-0.25, -0.2) is 14.7 Å². The fraction of sp³-hybridized carbons (Fsp3) is 0.292. The van der Waals surface area contributed by atoms with Crippen molar-refractivity contribution in [3.8, 4) is 5.82 Å². The van der Waals surface area contributed by atoms with Crippen LogP contribution in [0.1, 0.15) is 34.9 Å². The topological polar surface area (TPSA) is 87.4 Å². The Kier molecular flexibility index (Phi) is 8.81. The van der Waals surface area contributed by atoms with Gasteiger partial charge < -0.3 is 15.7 Å². The molecule has 0 bridgehead atoms. The SMILES string of the molecule is CCNC(=NCc1ccc(-n2nc(C)cc2C)nc1)NCC(O)c1cc2ccccc2s1.I. The Balaban J connectivity index is 0.00000306. The summed E-state index contributed by atoms with van der Waals surface area (Å²) >= 11 is 1.62. The monoisotopic (exact) mass is 576 g/mol. The lowest BCUT2D eigenvalue weighted by atomic mass is 10.2. The summed E-state index contributed by atoms with van der Waals surface area (Å²) in [5.41, 5.74) is 3.02. The van der Waals surface area contributed by atoms with Crippen molar-refractivity contribution >= 4 is 51.4 Å². The normalized spacial score (nSPS) is 12.4. The maximum absolute atomic E-state index is 10.6. The molecule has 0 aliphatic rings. The Labute approximate surface area is 215 Å². The van der Waals surface area contributed by atoms with Crippen molar-refractivity contribution in [2.45, 2.75) is 33.4 Å². The molecule has 7 nitrogen and oxygen atoms in total. The van der Waals surface area contributed by atoms with Gasteiger partial charge in [0, 0.05) is 34.6 Å². The Bertz CT molecular complexity index is 1180. The Morgan fingerprint density at radius 3 is 2.64 bits per heavy atom. The molecule has 1 aromatic carbocycles. The maximum Gasteiger partial charge on any atom is 0.191 e. The summed E-state index contributed by atoms with van der Waals surface area (Å²) in [5.74, 6) is 1.45. The summed E-state index contributed by atoms with van der Waals surface area (Å²) < 4.78 is 3.02. The molecular weight excluding hydrogens is 547 g/mol. The van der Waals surface area contributed by atoms with Gasteiger partial charge in [0.1, 0.15) is 6.10 Å². The third-order valence-corrected chi connectivity index (χ3v) is 6.25. The molecule has 1 atom stereocenters. The number of fused-ring (bicyclic) bond motifs is 1. The van der Waals surface area contributed by atoms with E-state index in [1.165, 1.54) is 4.70 Å². The standard InChI is InChI=1S/C24H28N6OS.HI/c1-4-25-24(28-15-20(31)22-12-19-7-5-6-8-21(19)32-22)27-14-18-9-10-23(26-13-18)30-17(3)11-16(2)29-30;/h5-13,20,31H,4,14-15H2,1-3H3,(H2,25,27,28);1H. The van der Waals surface area contributed by atoms with E-state index in [1.54, 1.807) is 11.3 Å². The lowest BCUT2D eigenvalue weighted by Gasteiger charge is -2.14. The number of aliphatic hydroxyl groups is 1. The molecule has 0 radical (unpaired) electrons. The minimum Gasteiger partial charge on any atom is -0.386 e. The van der Waals surface area contributed by atoms with Crippen LogP contribution >= 0.6 is 35.3 Å². The van der Waals surface area contributed by atoms with E-state index in [0.29, 0.717) is 19.0 Å². The summed E-state index contributed by atoms with van der Waals surface area (Å²) in [4.78, 5) is 10.1. The first-order chi connectivity index (χ1) is 15.5. The molecule has 0 spiro atoms. The highest BCUT2D eigenvalue weighted by molar-refractivity contribution is 14.0. The molecule has 3 aromatic heterocycles. The van der Waals surface area contributed by atoms with Crippen LogP contribution in [0.4, 0.5) is 0 Å². The van der Waals surface area contributed by atoms with E-state index in [-0.39, 0.29) is 24.0 Å². The van der Waals surface area contributed by atoms with E-state index in [4.69, 9.17) is 0 Å². The predicted octanol–water partition coefficient (Wildman–Crippen LogP) is 4.51. The van der Waals surface area contributed by atoms with E-state index in [2.05, 4.69) is 37.8 Å². The zero-order chi connectivity index (χ0) is 22.5. The smallest absolute Gasteiger partial charge is 0.191 e. The molecule has 1 unspecified atom stereocenters. The van der Waals surface area contributed by atoms with E-state index in [1.807, 2.05) is 68.0 Å². The van der Waals surface area contributed by atoms with Crippen LogP contribution in [0, 0.1) is 13.8 Å². The molecule has 174 valence electrons. The van der Waals surface area contributed by atoms with Crippen LogP contribution in [0.2, 0.25) is 0 Å². The number of hydrogen-bond donors (Lipinski definition) is 3. The van der Waals surface area contributed by atoms with Gasteiger partial charge in [0.05, 0.1) is 12.2 Å². The molecular formula is C24H29IN6OS. The third kappa shape index (κ3) is 6.30. The van der Waals surface area contributed by atoms with Crippen LogP contribution < -0.4 is 10.6 Å². The number of thiophene rings is 1. The number of aryl methyl sites for hydroxylation is 2. The molecule has 0 saturated carbocycles. The number of nitrogens with zero attached hydrogens (tertiary/aromatic N) is 4. The van der Waals surface area contributed by atoms with Crippen molar-refractivity contribution in [2.24, 2.45) is 4.99 Å². The largest absolute Gasteiger partial charge is 0.386 e. The van der Waals surface area contributed by atoms with E-state index in [0.717, 1.165) is 39.6 Å². The molecule has 3 N–H and O–H groups in total. The molecule has 0 aliphatic carbocycles. The lowest BCUT2D eigenvalue weighted by molar-refractivity contribution is 0.184. The second-order valence-corrected chi connectivity index (χ2v) is 8.76. The summed E-state index contributed by atoms with van der Waals surface area (Å²) in [6.45, 7) is 7.61. The van der Waals surface area contributed by atoms with E-state index < -0.39 is 6.10 Å². The molecule has 0 saturated heterocycles. The number of aromatic nitrogens is 3. The minimum absolute atomic E-state index is 0. The van der Waals surface area contributed by atoms with Gasteiger partial charge in [-0.3, -0.25) is 0 Å². The zero-order valence-electron chi connectivity index (χ0n) is 18.9. The molecule has 0 amide bonds. The summed E-state index contributed by atoms with van der Waals surface area (Å²) in [6.07, 6.45) is 1.23. The maximum atomic E-state index is 10.6. The van der Waals surface area contributed by atoms with Crippen molar-refractivity contribution in [3.05, 3.63) is 76.6 Å². The highest BCUT2D eigenvalue weighted by Gasteiger charge is 2.12. The van der Waals surface area contributed by atoms with Crippen LogP contribution in [0.15, 0.2) is 59.7 Å². The predicted molar refractivity (Wildman–Crippen MR) is 146 cm³/mol.